The third-order valence-corrected chi connectivity index (χ3v) is 2.33. The molecule has 0 saturated carbocycles. The van der Waals surface area contributed by atoms with E-state index in [1.165, 1.54) is 0 Å². The van der Waals surface area contributed by atoms with Crippen molar-refractivity contribution in [2.45, 2.75) is 13.8 Å². The molecule has 1 aliphatic rings. The maximum absolute atomic E-state index is 11.7. The van der Waals surface area contributed by atoms with Gasteiger partial charge in [0.1, 0.15) is 0 Å². The second-order valence-corrected chi connectivity index (χ2v) is 4.10. The topological polar surface area (TPSA) is 32.8 Å². The summed E-state index contributed by atoms with van der Waals surface area (Å²) in [4.78, 5) is 15.5. The van der Waals surface area contributed by atoms with E-state index in [-0.39, 0.29) is 6.03 Å². The summed E-state index contributed by atoms with van der Waals surface area (Å²) in [6.45, 7) is 8.17. The van der Waals surface area contributed by atoms with Gasteiger partial charge in [-0.15, -0.1) is 0 Å². The maximum Gasteiger partial charge on any atom is 0.320 e. The zero-order chi connectivity index (χ0) is 10.6. The Hall–Kier alpha value is -0.770. The fraction of sp³-hybridized carbons (Fsp3) is 0.900. The van der Waals surface area contributed by atoms with Crippen molar-refractivity contribution < 1.29 is 9.53 Å². The molecule has 0 aliphatic carbocycles. The van der Waals surface area contributed by atoms with Gasteiger partial charge in [0.25, 0.3) is 0 Å². The van der Waals surface area contributed by atoms with Gasteiger partial charge in [-0.1, -0.05) is 13.8 Å². The SMILES string of the molecule is COCCN1CCN(CC(C)C)C1=O. The molecule has 2 amide bonds. The van der Waals surface area contributed by atoms with Gasteiger partial charge in [-0.2, -0.15) is 0 Å². The van der Waals surface area contributed by atoms with Crippen LogP contribution < -0.4 is 0 Å². The lowest BCUT2D eigenvalue weighted by molar-refractivity contribution is 0.153. The van der Waals surface area contributed by atoms with E-state index in [0.29, 0.717) is 19.1 Å². The Morgan fingerprint density at radius 2 is 2.00 bits per heavy atom. The average molecular weight is 200 g/mol. The summed E-state index contributed by atoms with van der Waals surface area (Å²) in [6, 6.07) is 0.163. The van der Waals surface area contributed by atoms with E-state index < -0.39 is 0 Å². The molecule has 1 saturated heterocycles. The maximum atomic E-state index is 11.7. The molecule has 1 aliphatic heterocycles. The minimum atomic E-state index is 0.163. The molecule has 0 N–H and O–H groups in total. The molecular weight excluding hydrogens is 180 g/mol. The number of rotatable bonds is 5. The molecule has 0 atom stereocenters. The summed E-state index contributed by atoms with van der Waals surface area (Å²) < 4.78 is 4.96. The van der Waals surface area contributed by atoms with Crippen LogP contribution in [0.5, 0.6) is 0 Å². The second kappa shape index (κ2) is 5.20. The molecule has 0 aromatic heterocycles. The molecule has 0 bridgehead atoms. The number of carbonyl (C=O) groups is 1. The Morgan fingerprint density at radius 3 is 2.57 bits per heavy atom. The minimum Gasteiger partial charge on any atom is -0.383 e. The molecule has 0 unspecified atom stereocenters. The molecule has 82 valence electrons. The minimum absolute atomic E-state index is 0.163. The van der Waals surface area contributed by atoms with Crippen molar-refractivity contribution in [2.24, 2.45) is 5.92 Å². The van der Waals surface area contributed by atoms with Crippen LogP contribution in [0.25, 0.3) is 0 Å². The quantitative estimate of drug-likeness (QED) is 0.664. The number of methoxy groups -OCH3 is 1. The number of nitrogens with zero attached hydrogens (tertiary/aromatic N) is 2. The van der Waals surface area contributed by atoms with Gasteiger partial charge in [-0.05, 0) is 5.92 Å². The summed E-state index contributed by atoms with van der Waals surface area (Å²) in [5, 5.41) is 0. The highest BCUT2D eigenvalue weighted by Crippen LogP contribution is 2.10. The largest absolute Gasteiger partial charge is 0.383 e. The predicted octanol–water partition coefficient (Wildman–Crippen LogP) is 1.03. The Labute approximate surface area is 85.8 Å². The van der Waals surface area contributed by atoms with Crippen LogP contribution >= 0.6 is 0 Å². The van der Waals surface area contributed by atoms with E-state index in [0.717, 1.165) is 19.6 Å². The standard InChI is InChI=1S/C10H20N2O2/c1-9(2)8-12-5-4-11(10(12)13)6-7-14-3/h9H,4-8H2,1-3H3. The highest BCUT2D eigenvalue weighted by Gasteiger charge is 2.27. The van der Waals surface area contributed by atoms with Gasteiger partial charge in [-0.3, -0.25) is 0 Å². The summed E-state index contributed by atoms with van der Waals surface area (Å²) in [5.74, 6) is 0.543. The van der Waals surface area contributed by atoms with Crippen LogP contribution in [0.1, 0.15) is 13.8 Å². The van der Waals surface area contributed by atoms with E-state index in [9.17, 15) is 4.79 Å². The van der Waals surface area contributed by atoms with Crippen molar-refractivity contribution in [2.75, 3.05) is 39.9 Å². The van der Waals surface area contributed by atoms with E-state index in [2.05, 4.69) is 13.8 Å². The Balaban J connectivity index is 2.35. The van der Waals surface area contributed by atoms with Gasteiger partial charge >= 0.3 is 6.03 Å². The zero-order valence-corrected chi connectivity index (χ0v) is 9.32. The average Bonchev–Trinajstić information content (AvgIpc) is 2.45. The van der Waals surface area contributed by atoms with Crippen LogP contribution in [0.4, 0.5) is 4.79 Å². The Morgan fingerprint density at radius 1 is 1.36 bits per heavy atom. The summed E-state index contributed by atoms with van der Waals surface area (Å²) in [6.07, 6.45) is 0. The number of urea groups is 1. The first-order chi connectivity index (χ1) is 6.65. The molecule has 1 rings (SSSR count). The highest BCUT2D eigenvalue weighted by atomic mass is 16.5. The summed E-state index contributed by atoms with van der Waals surface area (Å²) in [5.41, 5.74) is 0. The van der Waals surface area contributed by atoms with Crippen molar-refractivity contribution in [3.8, 4) is 0 Å². The normalized spacial score (nSPS) is 17.3. The van der Waals surface area contributed by atoms with Crippen molar-refractivity contribution in [1.82, 2.24) is 9.80 Å². The Kier molecular flexibility index (Phi) is 4.20. The van der Waals surface area contributed by atoms with E-state index in [4.69, 9.17) is 4.74 Å². The fourth-order valence-electron chi connectivity index (χ4n) is 1.65. The first kappa shape index (κ1) is 11.3. The highest BCUT2D eigenvalue weighted by molar-refractivity contribution is 5.76. The lowest BCUT2D eigenvalue weighted by atomic mass is 10.2. The predicted molar refractivity (Wildman–Crippen MR) is 55.3 cm³/mol. The van der Waals surface area contributed by atoms with E-state index in [1.807, 2.05) is 9.80 Å². The third-order valence-electron chi connectivity index (χ3n) is 2.33. The number of ether oxygens (including phenoxy) is 1. The summed E-state index contributed by atoms with van der Waals surface area (Å²) >= 11 is 0. The third kappa shape index (κ3) is 2.87. The lowest BCUT2D eigenvalue weighted by Crippen LogP contribution is -2.35. The molecule has 0 aromatic rings. The van der Waals surface area contributed by atoms with Gasteiger partial charge < -0.3 is 14.5 Å². The van der Waals surface area contributed by atoms with Crippen molar-refractivity contribution in [3.05, 3.63) is 0 Å². The van der Waals surface area contributed by atoms with Crippen molar-refractivity contribution in [1.29, 1.82) is 0 Å². The molecule has 0 aromatic carbocycles. The van der Waals surface area contributed by atoms with Crippen molar-refractivity contribution >= 4 is 6.03 Å². The Bertz CT molecular complexity index is 195. The van der Waals surface area contributed by atoms with Gasteiger partial charge in [0.15, 0.2) is 0 Å². The van der Waals surface area contributed by atoms with Gasteiger partial charge in [0.05, 0.1) is 6.61 Å². The van der Waals surface area contributed by atoms with E-state index >= 15 is 0 Å². The fourth-order valence-corrected chi connectivity index (χ4v) is 1.65. The first-order valence-corrected chi connectivity index (χ1v) is 5.18. The summed E-state index contributed by atoms with van der Waals surface area (Å²) in [7, 11) is 1.66. The van der Waals surface area contributed by atoms with Gasteiger partial charge in [-0.25, -0.2) is 4.79 Å². The molecule has 0 spiro atoms. The molecule has 1 fully saturated rings. The molecule has 14 heavy (non-hydrogen) atoms. The molecule has 4 heteroatoms. The van der Waals surface area contributed by atoms with Crippen LogP contribution in [0.15, 0.2) is 0 Å². The van der Waals surface area contributed by atoms with Crippen LogP contribution in [0.2, 0.25) is 0 Å². The second-order valence-electron chi connectivity index (χ2n) is 4.10. The number of carbonyl (C=O) groups excluding carboxylic acids is 1. The lowest BCUT2D eigenvalue weighted by Gasteiger charge is -2.19. The van der Waals surface area contributed by atoms with E-state index in [1.54, 1.807) is 7.11 Å². The van der Waals surface area contributed by atoms with Crippen LogP contribution in [0.3, 0.4) is 0 Å². The molecule has 1 heterocycles. The van der Waals surface area contributed by atoms with Crippen LogP contribution in [0, 0.1) is 5.92 Å². The smallest absolute Gasteiger partial charge is 0.320 e. The molecule has 4 nitrogen and oxygen atoms in total. The number of hydrogen-bond donors (Lipinski definition) is 0. The number of amides is 2. The van der Waals surface area contributed by atoms with Crippen molar-refractivity contribution in [3.63, 3.8) is 0 Å². The number of hydrogen-bond acceptors (Lipinski definition) is 2. The zero-order valence-electron chi connectivity index (χ0n) is 9.32. The molecular formula is C10H20N2O2. The van der Waals surface area contributed by atoms with Crippen LogP contribution in [-0.2, 0) is 4.74 Å². The molecule has 0 radical (unpaired) electrons. The van der Waals surface area contributed by atoms with Gasteiger partial charge in [0.2, 0.25) is 0 Å². The monoisotopic (exact) mass is 200 g/mol. The van der Waals surface area contributed by atoms with Gasteiger partial charge in [0, 0.05) is 33.3 Å². The van der Waals surface area contributed by atoms with Crippen LogP contribution in [-0.4, -0.2) is 55.7 Å². The first-order valence-electron chi connectivity index (χ1n) is 5.18.